The lowest BCUT2D eigenvalue weighted by Gasteiger charge is -2.11. The van der Waals surface area contributed by atoms with Crippen LogP contribution in [0.3, 0.4) is 0 Å². The summed E-state index contributed by atoms with van der Waals surface area (Å²) in [6, 6.07) is 85.6. The SMILES string of the molecule is c1ccc(-c2nc(-c3cc(-c4ccccc4)c4c(c3)oc3ccccc34)nc(-c3cccc4sc5cc(-c6ccc7c(c6)oc6ccc(-c8ccc9c%10ccccc%10n(-c%10ccccc%10)c9c8)cc67)ccc5c34)n2)cc1. The number of rotatable bonds is 7. The lowest BCUT2D eigenvalue weighted by molar-refractivity contribution is 0.668. The molecule has 0 unspecified atom stereocenters. The molecule has 11 aromatic carbocycles. The highest BCUT2D eigenvalue weighted by Crippen LogP contribution is 2.44. The summed E-state index contributed by atoms with van der Waals surface area (Å²) in [4.78, 5) is 15.7. The van der Waals surface area contributed by atoms with Gasteiger partial charge in [0, 0.05) is 74.9 Å². The number of aromatic nitrogens is 4. The maximum absolute atomic E-state index is 6.61. The van der Waals surface area contributed by atoms with Gasteiger partial charge >= 0.3 is 0 Å². The first-order valence-electron chi connectivity index (χ1n) is 25.5. The summed E-state index contributed by atoms with van der Waals surface area (Å²) >= 11 is 1.78. The molecule has 354 valence electrons. The van der Waals surface area contributed by atoms with E-state index in [2.05, 4.69) is 211 Å². The van der Waals surface area contributed by atoms with E-state index in [-0.39, 0.29) is 0 Å². The standard InChI is InChI=1S/C69H40N4O2S/c1-4-15-41(16-5-1)55-36-47(39-62-65(55)52-22-11-13-25-59(52)75-62)68-70-67(42-17-6-2-7-18-42)71-69(72-68)54-23-14-26-63-66(54)53-33-29-46(40-64(53)76-63)45-28-32-51-56-35-43(30-34-60(56)74-61(51)38-45)44-27-31-50-49-21-10-12-24-57(49)73(58(50)37-44)48-19-8-3-9-20-48/h1-40H. The van der Waals surface area contributed by atoms with E-state index in [1.807, 2.05) is 36.4 Å². The molecule has 0 bridgehead atoms. The van der Waals surface area contributed by atoms with Crippen LogP contribution in [0.5, 0.6) is 0 Å². The Labute approximate surface area is 439 Å². The third-order valence-electron chi connectivity index (χ3n) is 15.1. The van der Waals surface area contributed by atoms with Gasteiger partial charge in [-0.25, -0.2) is 15.0 Å². The fourth-order valence-electron chi connectivity index (χ4n) is 11.5. The van der Waals surface area contributed by atoms with Gasteiger partial charge in [0.2, 0.25) is 0 Å². The summed E-state index contributed by atoms with van der Waals surface area (Å²) < 4.78 is 17.9. The van der Waals surface area contributed by atoms with Crippen LogP contribution < -0.4 is 0 Å². The summed E-state index contributed by atoms with van der Waals surface area (Å²) in [5, 5.41) is 9.08. The van der Waals surface area contributed by atoms with Gasteiger partial charge in [-0.1, -0.05) is 164 Å². The van der Waals surface area contributed by atoms with Gasteiger partial charge in [-0.05, 0) is 112 Å². The molecule has 0 saturated heterocycles. The van der Waals surface area contributed by atoms with E-state index in [4.69, 9.17) is 23.8 Å². The molecule has 76 heavy (non-hydrogen) atoms. The van der Waals surface area contributed by atoms with Crippen LogP contribution in [0.2, 0.25) is 0 Å². The molecule has 6 nitrogen and oxygen atoms in total. The maximum atomic E-state index is 6.61. The van der Waals surface area contributed by atoms with Crippen molar-refractivity contribution >= 4 is 97.2 Å². The zero-order chi connectivity index (χ0) is 49.8. The van der Waals surface area contributed by atoms with Crippen molar-refractivity contribution in [3.05, 3.63) is 243 Å². The Morgan fingerprint density at radius 3 is 1.71 bits per heavy atom. The molecule has 7 heteroatoms. The van der Waals surface area contributed by atoms with E-state index < -0.39 is 0 Å². The Balaban J connectivity index is 0.784. The lowest BCUT2D eigenvalue weighted by Crippen LogP contribution is -2.00. The van der Waals surface area contributed by atoms with Gasteiger partial charge in [-0.2, -0.15) is 0 Å². The van der Waals surface area contributed by atoms with Gasteiger partial charge in [0.15, 0.2) is 17.5 Å². The minimum Gasteiger partial charge on any atom is -0.456 e. The number of nitrogens with zero attached hydrogens (tertiary/aromatic N) is 4. The largest absolute Gasteiger partial charge is 0.456 e. The second-order valence-electron chi connectivity index (χ2n) is 19.5. The first-order chi connectivity index (χ1) is 37.6. The van der Waals surface area contributed by atoms with E-state index in [1.165, 1.54) is 26.5 Å². The summed E-state index contributed by atoms with van der Waals surface area (Å²) in [6.45, 7) is 0. The predicted molar refractivity (Wildman–Crippen MR) is 314 cm³/mol. The van der Waals surface area contributed by atoms with Crippen molar-refractivity contribution in [3.8, 4) is 73.2 Å². The topological polar surface area (TPSA) is 69.9 Å². The molecule has 0 atom stereocenters. The molecular formula is C69H40N4O2S. The Bertz CT molecular complexity index is 4990. The fourth-order valence-corrected chi connectivity index (χ4v) is 12.7. The fraction of sp³-hybridized carbons (Fsp3) is 0. The summed E-state index contributed by atoms with van der Waals surface area (Å²) in [6.07, 6.45) is 0. The molecular weight excluding hydrogens is 949 g/mol. The molecule has 16 rings (SSSR count). The van der Waals surface area contributed by atoms with E-state index in [9.17, 15) is 0 Å². The monoisotopic (exact) mass is 988 g/mol. The molecule has 0 fully saturated rings. The number of benzene rings is 11. The summed E-state index contributed by atoms with van der Waals surface area (Å²) in [5.41, 5.74) is 16.3. The van der Waals surface area contributed by atoms with Gasteiger partial charge in [0.25, 0.3) is 0 Å². The molecule has 0 N–H and O–H groups in total. The average Bonchev–Trinajstić information content (AvgIpc) is 4.32. The Morgan fingerprint density at radius 2 is 0.882 bits per heavy atom. The second-order valence-corrected chi connectivity index (χ2v) is 20.6. The van der Waals surface area contributed by atoms with Crippen LogP contribution in [0.1, 0.15) is 0 Å². The molecule has 0 amide bonds. The molecule has 0 spiro atoms. The molecule has 0 saturated carbocycles. The van der Waals surface area contributed by atoms with Crippen LogP contribution in [0.4, 0.5) is 0 Å². The third-order valence-corrected chi connectivity index (χ3v) is 16.2. The van der Waals surface area contributed by atoms with Crippen molar-refractivity contribution in [2.45, 2.75) is 0 Å². The summed E-state index contributed by atoms with van der Waals surface area (Å²) in [7, 11) is 0. The maximum Gasteiger partial charge on any atom is 0.164 e. The van der Waals surface area contributed by atoms with Gasteiger partial charge in [-0.3, -0.25) is 0 Å². The van der Waals surface area contributed by atoms with Crippen molar-refractivity contribution < 1.29 is 8.83 Å². The van der Waals surface area contributed by atoms with Crippen molar-refractivity contribution in [2.24, 2.45) is 0 Å². The normalized spacial score (nSPS) is 11.9. The van der Waals surface area contributed by atoms with Crippen LogP contribution in [0, 0.1) is 0 Å². The van der Waals surface area contributed by atoms with Gasteiger partial charge < -0.3 is 13.4 Å². The van der Waals surface area contributed by atoms with E-state index >= 15 is 0 Å². The van der Waals surface area contributed by atoms with Crippen LogP contribution in [-0.2, 0) is 0 Å². The minimum absolute atomic E-state index is 0.573. The Hall–Kier alpha value is -9.95. The predicted octanol–water partition coefficient (Wildman–Crippen LogP) is 19.1. The molecule has 16 aromatic rings. The quantitative estimate of drug-likeness (QED) is 0.159. The van der Waals surface area contributed by atoms with Crippen LogP contribution in [0.25, 0.3) is 159 Å². The minimum atomic E-state index is 0.573. The number of furan rings is 2. The van der Waals surface area contributed by atoms with Gasteiger partial charge in [0.1, 0.15) is 22.3 Å². The zero-order valence-corrected chi connectivity index (χ0v) is 41.4. The number of thiophene rings is 1. The number of hydrogen-bond donors (Lipinski definition) is 0. The van der Waals surface area contributed by atoms with Crippen LogP contribution in [-0.4, -0.2) is 19.5 Å². The Kier molecular flexibility index (Phi) is 9.40. The zero-order valence-electron chi connectivity index (χ0n) is 40.6. The summed E-state index contributed by atoms with van der Waals surface area (Å²) in [5.74, 6) is 1.79. The first-order valence-corrected chi connectivity index (χ1v) is 26.3. The van der Waals surface area contributed by atoms with Crippen LogP contribution in [0.15, 0.2) is 251 Å². The molecule has 0 aliphatic heterocycles. The molecule has 5 heterocycles. The lowest BCUT2D eigenvalue weighted by atomic mass is 9.96. The van der Waals surface area contributed by atoms with Crippen molar-refractivity contribution in [1.82, 2.24) is 19.5 Å². The molecule has 0 radical (unpaired) electrons. The van der Waals surface area contributed by atoms with E-state index in [1.54, 1.807) is 11.3 Å². The van der Waals surface area contributed by atoms with Crippen LogP contribution >= 0.6 is 11.3 Å². The number of para-hydroxylation sites is 3. The number of fused-ring (bicyclic) bond motifs is 12. The number of hydrogen-bond acceptors (Lipinski definition) is 6. The van der Waals surface area contributed by atoms with E-state index in [0.717, 1.165) is 115 Å². The van der Waals surface area contributed by atoms with Crippen molar-refractivity contribution in [1.29, 1.82) is 0 Å². The molecule has 5 aromatic heterocycles. The highest BCUT2D eigenvalue weighted by atomic mass is 32.1. The first kappa shape index (κ1) is 42.5. The van der Waals surface area contributed by atoms with E-state index in [0.29, 0.717) is 17.5 Å². The van der Waals surface area contributed by atoms with Gasteiger partial charge in [0.05, 0.1) is 11.0 Å². The highest BCUT2D eigenvalue weighted by Gasteiger charge is 2.22. The smallest absolute Gasteiger partial charge is 0.164 e. The average molecular weight is 989 g/mol. The van der Waals surface area contributed by atoms with Crippen molar-refractivity contribution in [2.75, 3.05) is 0 Å². The third kappa shape index (κ3) is 6.76. The second kappa shape index (κ2) is 16.8. The highest BCUT2D eigenvalue weighted by molar-refractivity contribution is 7.26. The van der Waals surface area contributed by atoms with Crippen molar-refractivity contribution in [3.63, 3.8) is 0 Å². The van der Waals surface area contributed by atoms with Gasteiger partial charge in [-0.15, -0.1) is 11.3 Å². The Morgan fingerprint density at radius 1 is 0.289 bits per heavy atom. The molecule has 0 aliphatic carbocycles. The molecule has 0 aliphatic rings.